The van der Waals surface area contributed by atoms with E-state index in [1.807, 2.05) is 0 Å². The van der Waals surface area contributed by atoms with Crippen LogP contribution in [0.3, 0.4) is 0 Å². The molecule has 1 saturated heterocycles. The lowest BCUT2D eigenvalue weighted by Gasteiger charge is -2.13. The summed E-state index contributed by atoms with van der Waals surface area (Å²) in [6.07, 6.45) is 1.40. The number of nitro benzene ring substituents is 1. The number of nitro groups is 1. The zero-order valence-electron chi connectivity index (χ0n) is 11.5. The molecule has 9 heteroatoms. The van der Waals surface area contributed by atoms with Crippen LogP contribution in [0.25, 0.3) is 11.3 Å². The molecule has 0 saturated carbocycles. The summed E-state index contributed by atoms with van der Waals surface area (Å²) in [5.41, 5.74) is 0.393. The number of amides is 1. The molecule has 1 aliphatic rings. The molecule has 3 rings (SSSR count). The maximum absolute atomic E-state index is 12.0. The van der Waals surface area contributed by atoms with Gasteiger partial charge in [0, 0.05) is 19.2 Å². The molecule has 0 atom stereocenters. The van der Waals surface area contributed by atoms with Crippen LogP contribution < -0.4 is 4.74 Å². The molecular formula is C13H12N4O4S. The molecule has 0 aliphatic carbocycles. The van der Waals surface area contributed by atoms with Crippen LogP contribution >= 0.6 is 11.7 Å². The lowest BCUT2D eigenvalue weighted by atomic mass is 10.1. The van der Waals surface area contributed by atoms with Crippen LogP contribution in [0.1, 0.15) is 12.8 Å². The van der Waals surface area contributed by atoms with Gasteiger partial charge in [0.25, 0.3) is 11.6 Å². The van der Waals surface area contributed by atoms with E-state index in [0.29, 0.717) is 13.1 Å². The third-order valence-corrected chi connectivity index (χ3v) is 3.87. The fraction of sp³-hybridized carbons (Fsp3) is 0.308. The number of hydrogen-bond donors (Lipinski definition) is 0. The van der Waals surface area contributed by atoms with Crippen molar-refractivity contribution in [2.75, 3.05) is 13.1 Å². The van der Waals surface area contributed by atoms with Gasteiger partial charge in [-0.3, -0.25) is 10.1 Å². The molecule has 2 aromatic rings. The fourth-order valence-electron chi connectivity index (χ4n) is 2.29. The van der Waals surface area contributed by atoms with E-state index in [0.717, 1.165) is 24.6 Å². The largest absolute Gasteiger partial charge is 0.416 e. The van der Waals surface area contributed by atoms with Gasteiger partial charge in [-0.1, -0.05) is 12.1 Å². The summed E-state index contributed by atoms with van der Waals surface area (Å²) in [5, 5.41) is 11.1. The zero-order valence-corrected chi connectivity index (χ0v) is 12.3. The number of ether oxygens (including phenoxy) is 1. The van der Waals surface area contributed by atoms with Crippen molar-refractivity contribution in [1.82, 2.24) is 13.6 Å². The summed E-state index contributed by atoms with van der Waals surface area (Å²) >= 11 is 0.848. The monoisotopic (exact) mass is 320 g/mol. The van der Waals surface area contributed by atoms with Gasteiger partial charge in [0.15, 0.2) is 5.69 Å². The average molecular weight is 320 g/mol. The van der Waals surface area contributed by atoms with Crippen molar-refractivity contribution in [2.45, 2.75) is 12.8 Å². The minimum atomic E-state index is -0.499. The van der Waals surface area contributed by atoms with Gasteiger partial charge in [-0.05, 0) is 18.9 Å². The lowest BCUT2D eigenvalue weighted by Crippen LogP contribution is -2.30. The van der Waals surface area contributed by atoms with E-state index in [9.17, 15) is 14.9 Å². The van der Waals surface area contributed by atoms with Gasteiger partial charge in [0.2, 0.25) is 0 Å². The van der Waals surface area contributed by atoms with Gasteiger partial charge in [-0.15, -0.1) is 4.37 Å². The number of rotatable bonds is 3. The highest BCUT2D eigenvalue weighted by molar-refractivity contribution is 6.99. The Morgan fingerprint density at radius 1 is 1.27 bits per heavy atom. The summed E-state index contributed by atoms with van der Waals surface area (Å²) in [4.78, 5) is 24.2. The van der Waals surface area contributed by atoms with Crippen molar-refractivity contribution >= 4 is 23.5 Å². The van der Waals surface area contributed by atoms with Crippen molar-refractivity contribution in [1.29, 1.82) is 0 Å². The van der Waals surface area contributed by atoms with Crippen molar-refractivity contribution in [3.8, 4) is 17.1 Å². The van der Waals surface area contributed by atoms with Crippen LogP contribution in [0.5, 0.6) is 5.88 Å². The van der Waals surface area contributed by atoms with E-state index >= 15 is 0 Å². The second-order valence-corrected chi connectivity index (χ2v) is 5.28. The standard InChI is InChI=1S/C13H12N4O4S/c18-13(16-7-3-4-8-16)21-12-11(14-22-15-12)9-5-1-2-6-10(9)17(19)20/h1-2,5-6H,3-4,7-8H2. The number of para-hydroxylation sites is 1. The summed E-state index contributed by atoms with van der Waals surface area (Å²) in [7, 11) is 0. The van der Waals surface area contributed by atoms with Gasteiger partial charge in [0.05, 0.1) is 22.2 Å². The smallest absolute Gasteiger partial charge is 0.388 e. The van der Waals surface area contributed by atoms with Crippen LogP contribution in [0.15, 0.2) is 24.3 Å². The van der Waals surface area contributed by atoms with Crippen LogP contribution in [0.4, 0.5) is 10.5 Å². The van der Waals surface area contributed by atoms with Gasteiger partial charge < -0.3 is 9.64 Å². The third kappa shape index (κ3) is 2.75. The maximum atomic E-state index is 12.0. The molecule has 8 nitrogen and oxygen atoms in total. The van der Waals surface area contributed by atoms with E-state index < -0.39 is 11.0 Å². The van der Waals surface area contributed by atoms with E-state index in [-0.39, 0.29) is 22.8 Å². The molecule has 1 aliphatic heterocycles. The molecule has 2 heterocycles. The van der Waals surface area contributed by atoms with E-state index in [1.165, 1.54) is 6.07 Å². The molecule has 0 N–H and O–H groups in total. The summed E-state index contributed by atoms with van der Waals surface area (Å²) in [6, 6.07) is 6.16. The van der Waals surface area contributed by atoms with Crippen LogP contribution in [0, 0.1) is 10.1 Å². The minimum absolute atomic E-state index is 0.0104. The van der Waals surface area contributed by atoms with Crippen molar-refractivity contribution < 1.29 is 14.5 Å². The topological polar surface area (TPSA) is 98.5 Å². The van der Waals surface area contributed by atoms with Gasteiger partial charge >= 0.3 is 6.09 Å². The highest BCUT2D eigenvalue weighted by atomic mass is 32.1. The van der Waals surface area contributed by atoms with Crippen molar-refractivity contribution in [3.05, 3.63) is 34.4 Å². The number of carbonyl (C=O) groups excluding carboxylic acids is 1. The average Bonchev–Trinajstić information content (AvgIpc) is 3.18. The number of nitrogens with zero attached hydrogens (tertiary/aromatic N) is 4. The molecule has 0 radical (unpaired) electrons. The van der Waals surface area contributed by atoms with Gasteiger partial charge in [-0.2, -0.15) is 4.37 Å². The predicted molar refractivity (Wildman–Crippen MR) is 78.8 cm³/mol. The van der Waals surface area contributed by atoms with E-state index in [2.05, 4.69) is 8.75 Å². The van der Waals surface area contributed by atoms with Crippen LogP contribution in [-0.2, 0) is 0 Å². The summed E-state index contributed by atoms with van der Waals surface area (Å²) in [6.45, 7) is 1.30. The van der Waals surface area contributed by atoms with E-state index in [1.54, 1.807) is 23.1 Å². The SMILES string of the molecule is O=C(Oc1nsnc1-c1ccccc1[N+](=O)[O-])N1CCCC1. The molecule has 1 aromatic heterocycles. The first kappa shape index (κ1) is 14.4. The molecule has 0 spiro atoms. The van der Waals surface area contributed by atoms with E-state index in [4.69, 9.17) is 4.74 Å². The molecule has 1 aromatic carbocycles. The predicted octanol–water partition coefficient (Wildman–Crippen LogP) is 2.71. The zero-order chi connectivity index (χ0) is 15.5. The molecule has 1 fully saturated rings. The molecule has 0 unspecified atom stereocenters. The number of benzene rings is 1. The molecular weight excluding hydrogens is 308 g/mol. The Morgan fingerprint density at radius 3 is 2.73 bits per heavy atom. The van der Waals surface area contributed by atoms with Gasteiger partial charge in [0.1, 0.15) is 0 Å². The second kappa shape index (κ2) is 6.06. The Hall–Kier alpha value is -2.55. The summed E-state index contributed by atoms with van der Waals surface area (Å²) in [5.74, 6) is 0.0104. The quantitative estimate of drug-likeness (QED) is 0.637. The highest BCUT2D eigenvalue weighted by Crippen LogP contribution is 2.34. The number of carbonyl (C=O) groups is 1. The summed E-state index contributed by atoms with van der Waals surface area (Å²) < 4.78 is 13.2. The van der Waals surface area contributed by atoms with Crippen LogP contribution in [0.2, 0.25) is 0 Å². The van der Waals surface area contributed by atoms with Gasteiger partial charge in [-0.25, -0.2) is 4.79 Å². The Bertz CT molecular complexity index is 712. The molecule has 22 heavy (non-hydrogen) atoms. The first-order chi connectivity index (χ1) is 10.7. The Labute approximate surface area is 129 Å². The molecule has 0 bridgehead atoms. The van der Waals surface area contributed by atoms with Crippen molar-refractivity contribution in [2.24, 2.45) is 0 Å². The highest BCUT2D eigenvalue weighted by Gasteiger charge is 2.26. The number of hydrogen-bond acceptors (Lipinski definition) is 7. The normalized spacial score (nSPS) is 14.1. The Kier molecular flexibility index (Phi) is 3.96. The fourth-order valence-corrected chi connectivity index (χ4v) is 2.79. The Balaban J connectivity index is 1.89. The Morgan fingerprint density at radius 2 is 2.00 bits per heavy atom. The molecule has 1 amide bonds. The minimum Gasteiger partial charge on any atom is -0.388 e. The maximum Gasteiger partial charge on any atom is 0.416 e. The third-order valence-electron chi connectivity index (χ3n) is 3.36. The second-order valence-electron chi connectivity index (χ2n) is 4.75. The van der Waals surface area contributed by atoms with Crippen LogP contribution in [-0.4, -0.2) is 37.8 Å². The molecule has 114 valence electrons. The first-order valence-electron chi connectivity index (χ1n) is 6.70. The number of likely N-dealkylation sites (tertiary alicyclic amines) is 1. The lowest BCUT2D eigenvalue weighted by molar-refractivity contribution is -0.384. The number of aromatic nitrogens is 2. The first-order valence-corrected chi connectivity index (χ1v) is 7.43. The van der Waals surface area contributed by atoms with Crippen molar-refractivity contribution in [3.63, 3.8) is 0 Å².